The molecule has 2 aliphatic heterocycles. The monoisotopic (exact) mass is 525 g/mol. The van der Waals surface area contributed by atoms with Crippen LogP contribution in [0.2, 0.25) is 0 Å². The largest absolute Gasteiger partial charge is 0.350 e. The van der Waals surface area contributed by atoms with Crippen LogP contribution in [0.3, 0.4) is 0 Å². The van der Waals surface area contributed by atoms with Crippen molar-refractivity contribution in [3.05, 3.63) is 21.5 Å². The highest BCUT2D eigenvalue weighted by Gasteiger charge is 2.45. The molecule has 1 aromatic rings. The molecular weight excluding hydrogens is 501 g/mol. The zero-order valence-corrected chi connectivity index (χ0v) is 18.8. The van der Waals surface area contributed by atoms with Crippen molar-refractivity contribution in [2.75, 3.05) is 19.4 Å². The van der Waals surface area contributed by atoms with E-state index in [1.165, 1.54) is 11.8 Å². The molecule has 0 spiro atoms. The molecule has 1 aromatic heterocycles. The van der Waals surface area contributed by atoms with E-state index >= 15 is 0 Å². The van der Waals surface area contributed by atoms with Crippen LogP contribution in [0.5, 0.6) is 0 Å². The van der Waals surface area contributed by atoms with E-state index < -0.39 is 26.8 Å². The number of halogens is 1. The molecule has 0 saturated carbocycles. The minimum Gasteiger partial charge on any atom is -0.350 e. The van der Waals surface area contributed by atoms with E-state index in [0.717, 1.165) is 28.4 Å². The molecule has 156 valence electrons. The van der Waals surface area contributed by atoms with Gasteiger partial charge >= 0.3 is 6.03 Å². The molecule has 0 radical (unpaired) electrons. The topological polar surface area (TPSA) is 107 Å². The van der Waals surface area contributed by atoms with Gasteiger partial charge in [0.2, 0.25) is 0 Å². The molecule has 2 atom stereocenters. The molecule has 28 heavy (non-hydrogen) atoms. The van der Waals surface area contributed by atoms with Crippen LogP contribution >= 0.6 is 22.6 Å². The van der Waals surface area contributed by atoms with Gasteiger partial charge in [0, 0.05) is 41.3 Å². The molecule has 3 rings (SSSR count). The number of hydrogen-bond donors (Lipinski definition) is 1. The van der Waals surface area contributed by atoms with Crippen molar-refractivity contribution in [2.45, 2.75) is 50.2 Å². The van der Waals surface area contributed by atoms with E-state index in [2.05, 4.69) is 28.1 Å². The first-order valence-corrected chi connectivity index (χ1v) is 12.0. The van der Waals surface area contributed by atoms with Crippen molar-refractivity contribution in [2.24, 2.45) is 0 Å². The normalized spacial score (nSPS) is 22.0. The maximum absolute atomic E-state index is 12.7. The lowest BCUT2D eigenvalue weighted by atomic mass is 10.1. The molecule has 2 amide bonds. The highest BCUT2D eigenvalue weighted by molar-refractivity contribution is 14.1. The lowest BCUT2D eigenvalue weighted by Crippen LogP contribution is -2.52. The number of hydroxylamine groups is 1. The molecule has 1 saturated heterocycles. The van der Waals surface area contributed by atoms with Crippen LogP contribution < -0.4 is 5.48 Å². The molecule has 9 nitrogen and oxygen atoms in total. The summed E-state index contributed by atoms with van der Waals surface area (Å²) >= 11 is 2.13. The molecule has 3 heterocycles. The van der Waals surface area contributed by atoms with Crippen LogP contribution in [0.4, 0.5) is 4.79 Å². The van der Waals surface area contributed by atoms with Gasteiger partial charge in [-0.3, -0.25) is 9.36 Å². The molecule has 0 aromatic carbocycles. The minimum atomic E-state index is -3.77. The maximum atomic E-state index is 12.7. The van der Waals surface area contributed by atoms with Crippen molar-refractivity contribution in [1.82, 2.24) is 14.9 Å². The van der Waals surface area contributed by atoms with E-state index in [-0.39, 0.29) is 19.0 Å². The van der Waals surface area contributed by atoms with Gasteiger partial charge in [-0.25, -0.2) is 23.5 Å². The fraction of sp³-hybridized carbons (Fsp3) is 0.647. The number of hydrogen-bond acceptors (Lipinski definition) is 6. The zero-order chi connectivity index (χ0) is 20.5. The summed E-state index contributed by atoms with van der Waals surface area (Å²) in [5.41, 5.74) is 3.10. The summed E-state index contributed by atoms with van der Waals surface area (Å²) in [5.74, 6) is -0.759. The SMILES string of the molecule is C[C@@](CCN1Cc2cc(I)cn2C1=O)(C(=O)NOC1CCCCO1)S(C)(=O)=O. The molecule has 0 aliphatic carbocycles. The Balaban J connectivity index is 1.63. The summed E-state index contributed by atoms with van der Waals surface area (Å²) in [6.07, 6.45) is 4.62. The number of ether oxygens (including phenoxy) is 1. The van der Waals surface area contributed by atoms with Crippen molar-refractivity contribution >= 4 is 44.4 Å². The average Bonchev–Trinajstić information content (AvgIpc) is 3.14. The Morgan fingerprint density at radius 2 is 2.21 bits per heavy atom. The Hall–Kier alpha value is -1.18. The highest BCUT2D eigenvalue weighted by atomic mass is 127. The smallest absolute Gasteiger partial charge is 0.328 e. The molecule has 2 aliphatic rings. The summed E-state index contributed by atoms with van der Waals surface area (Å²) in [7, 11) is -3.77. The number of carbonyl (C=O) groups excluding carboxylic acids is 2. The van der Waals surface area contributed by atoms with Gasteiger partial charge in [-0.1, -0.05) is 0 Å². The second-order valence-electron chi connectivity index (χ2n) is 7.32. The second-order valence-corrected chi connectivity index (χ2v) is 11.0. The first-order chi connectivity index (χ1) is 13.1. The molecule has 1 unspecified atom stereocenters. The Kier molecular flexibility index (Phi) is 6.37. The summed E-state index contributed by atoms with van der Waals surface area (Å²) in [4.78, 5) is 31.9. The van der Waals surface area contributed by atoms with Gasteiger partial charge < -0.3 is 9.64 Å². The van der Waals surface area contributed by atoms with E-state index in [9.17, 15) is 18.0 Å². The number of nitrogens with zero attached hydrogens (tertiary/aromatic N) is 2. The van der Waals surface area contributed by atoms with Gasteiger partial charge in [0.15, 0.2) is 20.9 Å². The number of sulfone groups is 1. The lowest BCUT2D eigenvalue weighted by Gasteiger charge is -2.29. The van der Waals surface area contributed by atoms with Crippen LogP contribution in [0.1, 0.15) is 38.3 Å². The van der Waals surface area contributed by atoms with Crippen molar-refractivity contribution in [3.8, 4) is 0 Å². The van der Waals surface area contributed by atoms with Gasteiger partial charge in [-0.05, 0) is 54.8 Å². The lowest BCUT2D eigenvalue weighted by molar-refractivity contribution is -0.201. The fourth-order valence-electron chi connectivity index (χ4n) is 3.21. The van der Waals surface area contributed by atoms with Crippen molar-refractivity contribution in [3.63, 3.8) is 0 Å². The molecule has 11 heteroatoms. The first kappa shape index (κ1) is 21.5. The van der Waals surface area contributed by atoms with Crippen LogP contribution in [0.15, 0.2) is 12.3 Å². The Morgan fingerprint density at radius 3 is 2.82 bits per heavy atom. The van der Waals surface area contributed by atoms with Gasteiger partial charge in [-0.15, -0.1) is 0 Å². The zero-order valence-electron chi connectivity index (χ0n) is 15.8. The predicted octanol–water partition coefficient (Wildman–Crippen LogP) is 1.64. The quantitative estimate of drug-likeness (QED) is 0.429. The number of rotatable bonds is 7. The van der Waals surface area contributed by atoms with Gasteiger partial charge in [0.1, 0.15) is 0 Å². The number of nitrogens with one attached hydrogen (secondary N) is 1. The standard InChI is InChI=1S/C17H24IN3O6S/c1-17(28(2,24)25,15(22)19-27-14-5-3-4-8-26-14)6-7-20-11-13-9-12(18)10-21(13)16(20)23/h9-10,14H,3-8,11H2,1-2H3,(H,19,22)/t14?,17-/m1/s1. The van der Waals surface area contributed by atoms with E-state index in [4.69, 9.17) is 9.57 Å². The Morgan fingerprint density at radius 1 is 1.46 bits per heavy atom. The van der Waals surface area contributed by atoms with Crippen molar-refractivity contribution < 1.29 is 27.6 Å². The molecule has 1 N–H and O–H groups in total. The number of amides is 2. The van der Waals surface area contributed by atoms with Crippen LogP contribution in [0.25, 0.3) is 0 Å². The van der Waals surface area contributed by atoms with Crippen LogP contribution in [-0.4, -0.2) is 60.3 Å². The van der Waals surface area contributed by atoms with E-state index in [1.807, 2.05) is 6.07 Å². The summed E-state index contributed by atoms with van der Waals surface area (Å²) < 4.78 is 30.9. The highest BCUT2D eigenvalue weighted by Crippen LogP contribution is 2.26. The molecule has 0 bridgehead atoms. The van der Waals surface area contributed by atoms with Gasteiger partial charge in [0.05, 0.1) is 6.54 Å². The maximum Gasteiger partial charge on any atom is 0.328 e. The summed E-state index contributed by atoms with van der Waals surface area (Å²) in [6.45, 7) is 2.41. The van der Waals surface area contributed by atoms with Gasteiger partial charge in [-0.2, -0.15) is 0 Å². The van der Waals surface area contributed by atoms with Gasteiger partial charge in [0.25, 0.3) is 5.91 Å². The second kappa shape index (κ2) is 8.28. The molecule has 1 fully saturated rings. The third-order valence-corrected chi connectivity index (χ3v) is 7.89. The number of aromatic nitrogens is 1. The summed E-state index contributed by atoms with van der Waals surface area (Å²) in [5, 5.41) is 0. The molecular formula is C17H24IN3O6S. The van der Waals surface area contributed by atoms with E-state index in [0.29, 0.717) is 19.6 Å². The fourth-order valence-corrected chi connectivity index (χ4v) is 4.69. The van der Waals surface area contributed by atoms with Crippen LogP contribution in [0, 0.1) is 3.57 Å². The Bertz CT molecular complexity index is 864. The predicted molar refractivity (Wildman–Crippen MR) is 109 cm³/mol. The minimum absolute atomic E-state index is 0.0415. The average molecular weight is 525 g/mol. The van der Waals surface area contributed by atoms with E-state index in [1.54, 1.807) is 10.8 Å². The summed E-state index contributed by atoms with van der Waals surface area (Å²) in [6, 6.07) is 1.68. The number of carbonyl (C=O) groups is 2. The van der Waals surface area contributed by atoms with Crippen molar-refractivity contribution in [1.29, 1.82) is 0 Å². The number of fused-ring (bicyclic) bond motifs is 1. The van der Waals surface area contributed by atoms with Crippen LogP contribution in [-0.2, 0) is 30.8 Å². The third kappa shape index (κ3) is 4.36. The third-order valence-electron chi connectivity index (χ3n) is 5.27. The Labute approximate surface area is 177 Å². The first-order valence-electron chi connectivity index (χ1n) is 9.05.